The highest BCUT2D eigenvalue weighted by atomic mass is 35.5. The number of hydrogen-bond acceptors (Lipinski definition) is 3. The number of nitrogens with one attached hydrogen (secondary N) is 1. The molecule has 5 heteroatoms. The lowest BCUT2D eigenvalue weighted by molar-refractivity contribution is -0.122. The van der Waals surface area contributed by atoms with Gasteiger partial charge < -0.3 is 15.3 Å². The van der Waals surface area contributed by atoms with E-state index in [1.807, 2.05) is 0 Å². The Balaban J connectivity index is 0.00000192. The van der Waals surface area contributed by atoms with Gasteiger partial charge in [-0.05, 0) is 36.7 Å². The second-order valence-corrected chi connectivity index (χ2v) is 6.64. The molecule has 3 rings (SSSR count). The zero-order valence-electron chi connectivity index (χ0n) is 13.5. The van der Waals surface area contributed by atoms with Gasteiger partial charge >= 0.3 is 0 Å². The van der Waals surface area contributed by atoms with E-state index in [2.05, 4.69) is 40.5 Å². The van der Waals surface area contributed by atoms with Crippen LogP contribution in [0, 0.1) is 11.8 Å². The van der Waals surface area contributed by atoms with Crippen molar-refractivity contribution >= 4 is 18.3 Å². The van der Waals surface area contributed by atoms with Gasteiger partial charge in [0, 0.05) is 32.1 Å². The predicted molar refractivity (Wildman–Crippen MR) is 93.7 cm³/mol. The van der Waals surface area contributed by atoms with E-state index in [9.17, 15) is 4.79 Å². The van der Waals surface area contributed by atoms with E-state index in [0.29, 0.717) is 5.92 Å². The molecule has 128 valence electrons. The van der Waals surface area contributed by atoms with Crippen LogP contribution in [-0.2, 0) is 11.2 Å². The molecule has 0 unspecified atom stereocenters. The van der Waals surface area contributed by atoms with Gasteiger partial charge in [0.2, 0.25) is 5.91 Å². The Morgan fingerprint density at radius 1 is 1.22 bits per heavy atom. The third kappa shape index (κ3) is 5.20. The monoisotopic (exact) mass is 338 g/mol. The number of aliphatic hydroxyl groups is 1. The Bertz CT molecular complexity index is 493. The summed E-state index contributed by atoms with van der Waals surface area (Å²) in [5, 5.41) is 12.0. The number of nitrogens with zero attached hydrogens (tertiary/aromatic N) is 1. The maximum Gasteiger partial charge on any atom is 0.222 e. The Kier molecular flexibility index (Phi) is 6.88. The molecule has 0 bridgehead atoms. The van der Waals surface area contributed by atoms with Crippen molar-refractivity contribution in [1.29, 1.82) is 0 Å². The quantitative estimate of drug-likeness (QED) is 0.798. The Morgan fingerprint density at radius 2 is 1.96 bits per heavy atom. The first kappa shape index (κ1) is 18.2. The lowest BCUT2D eigenvalue weighted by Crippen LogP contribution is -2.41. The van der Waals surface area contributed by atoms with Crippen molar-refractivity contribution in [2.24, 2.45) is 11.8 Å². The van der Waals surface area contributed by atoms with Crippen molar-refractivity contribution in [3.8, 4) is 0 Å². The summed E-state index contributed by atoms with van der Waals surface area (Å²) in [6.07, 6.45) is 3.90. The second-order valence-electron chi connectivity index (χ2n) is 6.64. The van der Waals surface area contributed by atoms with Crippen molar-refractivity contribution in [3.05, 3.63) is 35.9 Å². The highest BCUT2D eigenvalue weighted by Crippen LogP contribution is 2.41. The molecular formula is C18H27ClN2O2. The number of aliphatic hydroxyl groups excluding tert-OH is 1. The summed E-state index contributed by atoms with van der Waals surface area (Å²) < 4.78 is 0. The van der Waals surface area contributed by atoms with Gasteiger partial charge in [0.1, 0.15) is 0 Å². The van der Waals surface area contributed by atoms with Gasteiger partial charge in [-0.2, -0.15) is 0 Å². The van der Waals surface area contributed by atoms with Crippen LogP contribution in [0.3, 0.4) is 0 Å². The molecule has 1 saturated carbocycles. The molecule has 1 heterocycles. The molecule has 1 aliphatic heterocycles. The minimum atomic E-state index is -0.0651. The van der Waals surface area contributed by atoms with Crippen molar-refractivity contribution < 1.29 is 9.90 Å². The summed E-state index contributed by atoms with van der Waals surface area (Å²) in [7, 11) is 0. The summed E-state index contributed by atoms with van der Waals surface area (Å²) in [5.41, 5.74) is 1.37. The number of amides is 1. The van der Waals surface area contributed by atoms with Crippen LogP contribution in [0.4, 0.5) is 0 Å². The van der Waals surface area contributed by atoms with Gasteiger partial charge in [-0.1, -0.05) is 30.3 Å². The van der Waals surface area contributed by atoms with Crippen molar-refractivity contribution in [1.82, 2.24) is 10.2 Å². The standard InChI is InChI=1S/C18H26N2O2.ClH/c21-11-9-18(22)19-17-13-20(12-16(17)15-6-7-15)10-8-14-4-2-1-3-5-14;/h1-5,15-17,21H,6-13H2,(H,19,22);1H/t16-,17+;/m1./s1. The van der Waals surface area contributed by atoms with Crippen LogP contribution >= 0.6 is 12.4 Å². The van der Waals surface area contributed by atoms with Crippen LogP contribution in [0.25, 0.3) is 0 Å². The molecule has 1 aliphatic carbocycles. The molecule has 2 fully saturated rings. The minimum absolute atomic E-state index is 0. The van der Waals surface area contributed by atoms with Gasteiger partial charge in [-0.15, -0.1) is 12.4 Å². The van der Waals surface area contributed by atoms with Crippen molar-refractivity contribution in [2.75, 3.05) is 26.2 Å². The number of carbonyl (C=O) groups excluding carboxylic acids is 1. The fourth-order valence-corrected chi connectivity index (χ4v) is 3.56. The molecule has 2 aliphatic rings. The molecule has 1 aromatic carbocycles. The summed E-state index contributed by atoms with van der Waals surface area (Å²) in [5.74, 6) is 1.38. The first-order valence-electron chi connectivity index (χ1n) is 8.43. The number of halogens is 1. The summed E-state index contributed by atoms with van der Waals surface area (Å²) in [4.78, 5) is 14.3. The Morgan fingerprint density at radius 3 is 2.61 bits per heavy atom. The smallest absolute Gasteiger partial charge is 0.222 e. The lowest BCUT2D eigenvalue weighted by Gasteiger charge is -2.19. The molecular weight excluding hydrogens is 312 g/mol. The minimum Gasteiger partial charge on any atom is -0.396 e. The average Bonchev–Trinajstić information content (AvgIpc) is 3.29. The van der Waals surface area contributed by atoms with Crippen LogP contribution in [0.1, 0.15) is 24.8 Å². The molecule has 4 nitrogen and oxygen atoms in total. The number of rotatable bonds is 7. The average molecular weight is 339 g/mol. The molecule has 1 aromatic rings. The molecule has 1 saturated heterocycles. The van der Waals surface area contributed by atoms with Crippen LogP contribution in [0.2, 0.25) is 0 Å². The van der Waals surface area contributed by atoms with E-state index >= 15 is 0 Å². The molecule has 2 atom stereocenters. The first-order chi connectivity index (χ1) is 10.8. The molecule has 0 aromatic heterocycles. The first-order valence-corrected chi connectivity index (χ1v) is 8.43. The molecule has 0 spiro atoms. The highest BCUT2D eigenvalue weighted by Gasteiger charge is 2.42. The summed E-state index contributed by atoms with van der Waals surface area (Å²) in [6, 6.07) is 10.8. The maximum atomic E-state index is 11.8. The number of hydrogen-bond donors (Lipinski definition) is 2. The van der Waals surface area contributed by atoms with E-state index in [4.69, 9.17) is 5.11 Å². The highest BCUT2D eigenvalue weighted by molar-refractivity contribution is 5.85. The zero-order chi connectivity index (χ0) is 15.4. The summed E-state index contributed by atoms with van der Waals surface area (Å²) >= 11 is 0. The van der Waals surface area contributed by atoms with E-state index in [1.165, 1.54) is 18.4 Å². The molecule has 0 radical (unpaired) electrons. The molecule has 2 N–H and O–H groups in total. The third-order valence-corrected chi connectivity index (χ3v) is 4.91. The fourth-order valence-electron chi connectivity index (χ4n) is 3.56. The second kappa shape index (κ2) is 8.67. The van der Waals surface area contributed by atoms with E-state index in [1.54, 1.807) is 0 Å². The Labute approximate surface area is 144 Å². The third-order valence-electron chi connectivity index (χ3n) is 4.91. The van der Waals surface area contributed by atoms with E-state index < -0.39 is 0 Å². The van der Waals surface area contributed by atoms with Crippen molar-refractivity contribution in [3.63, 3.8) is 0 Å². The fraction of sp³-hybridized carbons (Fsp3) is 0.611. The summed E-state index contributed by atoms with van der Waals surface area (Å²) in [6.45, 7) is 3.04. The van der Waals surface area contributed by atoms with Crippen molar-refractivity contribution in [2.45, 2.75) is 31.7 Å². The van der Waals surface area contributed by atoms with Gasteiger partial charge in [0.05, 0.1) is 6.61 Å². The largest absolute Gasteiger partial charge is 0.396 e. The van der Waals surface area contributed by atoms with Gasteiger partial charge in [0.15, 0.2) is 0 Å². The maximum absolute atomic E-state index is 11.8. The van der Waals surface area contributed by atoms with Crippen LogP contribution in [-0.4, -0.2) is 48.2 Å². The number of benzene rings is 1. The number of carbonyl (C=O) groups is 1. The molecule has 23 heavy (non-hydrogen) atoms. The van der Waals surface area contributed by atoms with Crippen LogP contribution in [0.5, 0.6) is 0 Å². The molecule has 1 amide bonds. The topological polar surface area (TPSA) is 52.6 Å². The number of likely N-dealkylation sites (tertiary alicyclic amines) is 1. The predicted octanol–water partition coefficient (Wildman–Crippen LogP) is 1.86. The van der Waals surface area contributed by atoms with E-state index in [0.717, 1.165) is 32.0 Å². The van der Waals surface area contributed by atoms with Gasteiger partial charge in [-0.3, -0.25) is 4.79 Å². The normalized spacial score (nSPS) is 24.2. The zero-order valence-corrected chi connectivity index (χ0v) is 14.3. The SMILES string of the molecule is Cl.O=C(CCO)N[C@H]1CN(CCc2ccccc2)C[C@@H]1C1CC1. The van der Waals surface area contributed by atoms with Gasteiger partial charge in [-0.25, -0.2) is 0 Å². The lowest BCUT2D eigenvalue weighted by atomic mass is 9.98. The van der Waals surface area contributed by atoms with Crippen LogP contribution in [0.15, 0.2) is 30.3 Å². The van der Waals surface area contributed by atoms with Crippen LogP contribution < -0.4 is 5.32 Å². The van der Waals surface area contributed by atoms with E-state index in [-0.39, 0.29) is 37.4 Å². The van der Waals surface area contributed by atoms with Gasteiger partial charge in [0.25, 0.3) is 0 Å². The Hall–Kier alpha value is -1.10.